The molecule has 0 aromatic heterocycles. The molecule has 2 aromatic rings. The van der Waals surface area contributed by atoms with Crippen molar-refractivity contribution < 1.29 is 26.4 Å². The number of benzene rings is 2. The summed E-state index contributed by atoms with van der Waals surface area (Å²) in [6.45, 7) is 3.21. The lowest BCUT2D eigenvalue weighted by molar-refractivity contribution is -0.0429. The molecule has 0 bridgehead atoms. The zero-order valence-corrected chi connectivity index (χ0v) is 15.9. The average Bonchev–Trinajstić information content (AvgIpc) is 2.60. The molecule has 0 saturated heterocycles. The smallest absolute Gasteiger partial charge is 0.388 e. The predicted octanol–water partition coefficient (Wildman–Crippen LogP) is 5.10. The summed E-state index contributed by atoms with van der Waals surface area (Å²) in [5, 5.41) is 4.11. The molecule has 0 radical (unpaired) electrons. The third-order valence-corrected chi connectivity index (χ3v) is 4.87. The second kappa shape index (κ2) is 8.18. The molecule has 0 saturated carbocycles. The lowest BCUT2D eigenvalue weighted by Crippen LogP contribution is -2.30. The Morgan fingerprint density at radius 2 is 1.81 bits per heavy atom. The van der Waals surface area contributed by atoms with Crippen LogP contribution in [0.4, 0.5) is 18.9 Å². The number of hydrogen-bond donors (Lipinski definition) is 1. The zero-order valence-electron chi connectivity index (χ0n) is 14.3. The minimum Gasteiger partial charge on any atom is -0.388 e. The average molecular weight is 421 g/mol. The molecule has 0 spiro atoms. The number of halogens is 4. The van der Waals surface area contributed by atoms with Gasteiger partial charge in [-0.2, -0.15) is 21.6 Å². The Morgan fingerprint density at radius 3 is 2.41 bits per heavy atom. The van der Waals surface area contributed by atoms with E-state index in [0.29, 0.717) is 0 Å². The molecule has 1 unspecified atom stereocenters. The van der Waals surface area contributed by atoms with E-state index in [1.54, 1.807) is 6.92 Å². The quantitative estimate of drug-likeness (QED) is 0.522. The second-order valence-corrected chi connectivity index (χ2v) is 7.69. The van der Waals surface area contributed by atoms with Gasteiger partial charge in [0.2, 0.25) is 0 Å². The van der Waals surface area contributed by atoms with Gasteiger partial charge in [0.1, 0.15) is 6.10 Å². The highest BCUT2D eigenvalue weighted by atomic mass is 35.5. The van der Waals surface area contributed by atoms with E-state index in [2.05, 4.69) is 5.16 Å². The fraction of sp³-hybridized carbons (Fsp3) is 0.235. The van der Waals surface area contributed by atoms with E-state index >= 15 is 0 Å². The number of nitrogens with zero attached hydrogens (tertiary/aromatic N) is 1. The number of oxime groups is 1. The fourth-order valence-corrected chi connectivity index (χ4v) is 2.85. The van der Waals surface area contributed by atoms with E-state index in [1.165, 1.54) is 23.8 Å². The maximum Gasteiger partial charge on any atom is 0.516 e. The monoisotopic (exact) mass is 420 g/mol. The molecular weight excluding hydrogens is 405 g/mol. The number of sulfonamides is 1. The Hall–Kier alpha value is -2.26. The van der Waals surface area contributed by atoms with E-state index < -0.39 is 21.6 Å². The number of alkyl halides is 3. The predicted molar refractivity (Wildman–Crippen MR) is 98.2 cm³/mol. The van der Waals surface area contributed by atoms with Crippen LogP contribution in [-0.4, -0.2) is 19.6 Å². The number of anilines is 1. The number of hydrogen-bond acceptors (Lipinski definition) is 4. The van der Waals surface area contributed by atoms with E-state index in [1.807, 2.05) is 30.3 Å². The minimum absolute atomic E-state index is 0.0654. The van der Waals surface area contributed by atoms with Crippen molar-refractivity contribution in [2.75, 3.05) is 4.72 Å². The fourth-order valence-electron chi connectivity index (χ4n) is 2.10. The summed E-state index contributed by atoms with van der Waals surface area (Å²) in [4.78, 5) is 5.38. The van der Waals surface area contributed by atoms with Crippen molar-refractivity contribution in [1.29, 1.82) is 0 Å². The lowest BCUT2D eigenvalue weighted by atomic mass is 10.1. The van der Waals surface area contributed by atoms with Gasteiger partial charge in [0.25, 0.3) is 0 Å². The van der Waals surface area contributed by atoms with E-state index in [4.69, 9.17) is 16.4 Å². The molecule has 1 N–H and O–H groups in total. The summed E-state index contributed by atoms with van der Waals surface area (Å²) in [7, 11) is -5.58. The van der Waals surface area contributed by atoms with Crippen LogP contribution in [0.5, 0.6) is 0 Å². The van der Waals surface area contributed by atoms with Gasteiger partial charge in [-0.05, 0) is 37.6 Å². The van der Waals surface area contributed by atoms with E-state index in [9.17, 15) is 21.6 Å². The molecule has 0 heterocycles. The van der Waals surface area contributed by atoms with Crippen molar-refractivity contribution in [2.45, 2.75) is 25.5 Å². The van der Waals surface area contributed by atoms with E-state index in [-0.39, 0.29) is 22.0 Å². The number of rotatable bonds is 6. The van der Waals surface area contributed by atoms with Crippen molar-refractivity contribution >= 4 is 33.0 Å². The number of nitrogens with one attached hydrogen (secondary N) is 1. The van der Waals surface area contributed by atoms with Gasteiger partial charge >= 0.3 is 15.5 Å². The molecule has 10 heteroatoms. The molecule has 0 fully saturated rings. The van der Waals surface area contributed by atoms with E-state index in [0.717, 1.165) is 11.6 Å². The Bertz CT molecular complexity index is 932. The summed E-state index contributed by atoms with van der Waals surface area (Å²) in [6.07, 6.45) is -0.421. The maximum atomic E-state index is 12.6. The van der Waals surface area contributed by atoms with Gasteiger partial charge < -0.3 is 4.84 Å². The van der Waals surface area contributed by atoms with Gasteiger partial charge in [-0.25, -0.2) is 0 Å². The van der Waals surface area contributed by atoms with Crippen LogP contribution in [-0.2, 0) is 14.9 Å². The largest absolute Gasteiger partial charge is 0.516 e. The highest BCUT2D eigenvalue weighted by Crippen LogP contribution is 2.29. The second-order valence-electron chi connectivity index (χ2n) is 5.58. The van der Waals surface area contributed by atoms with Crippen molar-refractivity contribution in [3.63, 3.8) is 0 Å². The maximum absolute atomic E-state index is 12.6. The normalized spacial score (nSPS) is 13.9. The highest BCUT2D eigenvalue weighted by molar-refractivity contribution is 7.93. The van der Waals surface area contributed by atoms with Crippen LogP contribution in [0.1, 0.15) is 31.1 Å². The molecule has 27 heavy (non-hydrogen) atoms. The van der Waals surface area contributed by atoms with Crippen molar-refractivity contribution in [2.24, 2.45) is 5.16 Å². The molecule has 5 nitrogen and oxygen atoms in total. The molecule has 0 aliphatic carbocycles. The standard InChI is InChI=1S/C17H16ClF3N2O3S/c1-11(22-26-12(2)13-6-4-3-5-7-13)15-10-14(18)8-9-16(15)23-27(24,25)17(19,20)21/h3-10,12,23H,1-2H3. The molecule has 1 atom stereocenters. The molecule has 0 amide bonds. The topological polar surface area (TPSA) is 67.8 Å². The molecular formula is C17H16ClF3N2O3S. The van der Waals surface area contributed by atoms with Gasteiger partial charge in [-0.15, -0.1) is 0 Å². The molecule has 0 aliphatic heterocycles. The first-order valence-corrected chi connectivity index (χ1v) is 9.52. The van der Waals surface area contributed by atoms with Gasteiger partial charge in [0.05, 0.1) is 11.4 Å². The van der Waals surface area contributed by atoms with Crippen molar-refractivity contribution in [1.82, 2.24) is 0 Å². The molecule has 0 aliphatic rings. The zero-order chi connectivity index (χ0) is 20.2. The Balaban J connectivity index is 2.30. The Labute approximate surface area is 159 Å². The van der Waals surface area contributed by atoms with Gasteiger partial charge in [0.15, 0.2) is 0 Å². The van der Waals surface area contributed by atoms with Crippen LogP contribution >= 0.6 is 11.6 Å². The summed E-state index contributed by atoms with van der Waals surface area (Å²) in [6, 6.07) is 12.8. The first-order valence-electron chi connectivity index (χ1n) is 7.65. The van der Waals surface area contributed by atoms with Crippen LogP contribution in [0, 0.1) is 0 Å². The third kappa shape index (κ3) is 5.36. The van der Waals surface area contributed by atoms with Gasteiger partial charge in [-0.1, -0.05) is 47.1 Å². The van der Waals surface area contributed by atoms with Crippen LogP contribution < -0.4 is 4.72 Å². The van der Waals surface area contributed by atoms with Crippen molar-refractivity contribution in [3.05, 3.63) is 64.7 Å². The Morgan fingerprint density at radius 1 is 1.19 bits per heavy atom. The third-order valence-electron chi connectivity index (χ3n) is 3.54. The van der Waals surface area contributed by atoms with Crippen LogP contribution in [0.15, 0.2) is 53.7 Å². The molecule has 146 valence electrons. The SMILES string of the molecule is CC(=NOC(C)c1ccccc1)c1cc(Cl)ccc1NS(=O)(=O)C(F)(F)F. The van der Waals surface area contributed by atoms with Crippen LogP contribution in [0.25, 0.3) is 0 Å². The summed E-state index contributed by atoms with van der Waals surface area (Å²) in [5.74, 6) is 0. The highest BCUT2D eigenvalue weighted by Gasteiger charge is 2.46. The van der Waals surface area contributed by atoms with Gasteiger partial charge in [0, 0.05) is 10.6 Å². The molecule has 2 aromatic carbocycles. The molecule has 2 rings (SSSR count). The summed E-state index contributed by atoms with van der Waals surface area (Å²) >= 11 is 5.89. The first-order chi connectivity index (χ1) is 12.5. The van der Waals surface area contributed by atoms with Crippen LogP contribution in [0.3, 0.4) is 0 Å². The van der Waals surface area contributed by atoms with Crippen molar-refractivity contribution in [3.8, 4) is 0 Å². The lowest BCUT2D eigenvalue weighted by Gasteiger charge is -2.15. The Kier molecular flexibility index (Phi) is 6.38. The summed E-state index contributed by atoms with van der Waals surface area (Å²) < 4.78 is 62.2. The first kappa shape index (κ1) is 21.0. The van der Waals surface area contributed by atoms with Crippen LogP contribution in [0.2, 0.25) is 5.02 Å². The summed E-state index contributed by atoms with van der Waals surface area (Å²) in [5.41, 5.74) is -4.70. The van der Waals surface area contributed by atoms with Gasteiger partial charge in [-0.3, -0.25) is 4.72 Å². The minimum atomic E-state index is -5.58.